The summed E-state index contributed by atoms with van der Waals surface area (Å²) in [7, 11) is 0. The zero-order valence-corrected chi connectivity index (χ0v) is 8.80. The Kier molecular flexibility index (Phi) is 4.03. The van der Waals surface area contributed by atoms with Crippen molar-refractivity contribution in [2.75, 3.05) is 6.61 Å². The minimum atomic E-state index is -0.834. The summed E-state index contributed by atoms with van der Waals surface area (Å²) in [6.07, 6.45) is 1.45. The van der Waals surface area contributed by atoms with Crippen molar-refractivity contribution in [3.63, 3.8) is 0 Å². The smallest absolute Gasteiger partial charge is 0.304 e. The van der Waals surface area contributed by atoms with Crippen molar-refractivity contribution in [1.82, 2.24) is 9.97 Å². The highest BCUT2D eigenvalue weighted by atomic mass is 16.5. The first-order valence-electron chi connectivity index (χ1n) is 4.80. The lowest BCUT2D eigenvalue weighted by Gasteiger charge is -2.08. The predicted molar refractivity (Wildman–Crippen MR) is 53.9 cm³/mol. The second-order valence-corrected chi connectivity index (χ2v) is 3.21. The standard InChI is InChI=1S/C10H14N2O3/c1-3-15-9-5-8(11-6-12-9)7(2)4-10(13)14/h5-7H,3-4H2,1-2H3,(H,13,14). The highest BCUT2D eigenvalue weighted by Gasteiger charge is 2.12. The minimum Gasteiger partial charge on any atom is -0.481 e. The molecule has 1 rings (SSSR count). The first kappa shape index (κ1) is 11.4. The lowest BCUT2D eigenvalue weighted by Crippen LogP contribution is -2.05. The molecule has 15 heavy (non-hydrogen) atoms. The van der Waals surface area contributed by atoms with Crippen molar-refractivity contribution < 1.29 is 14.6 Å². The first-order chi connectivity index (χ1) is 7.13. The molecule has 1 unspecified atom stereocenters. The molecule has 1 atom stereocenters. The molecule has 0 fully saturated rings. The van der Waals surface area contributed by atoms with Crippen molar-refractivity contribution in [1.29, 1.82) is 0 Å². The van der Waals surface area contributed by atoms with E-state index in [9.17, 15) is 4.79 Å². The van der Waals surface area contributed by atoms with Crippen LogP contribution in [0.4, 0.5) is 0 Å². The maximum Gasteiger partial charge on any atom is 0.304 e. The highest BCUT2D eigenvalue weighted by Crippen LogP contribution is 2.19. The van der Waals surface area contributed by atoms with Gasteiger partial charge >= 0.3 is 5.97 Å². The summed E-state index contributed by atoms with van der Waals surface area (Å²) in [4.78, 5) is 18.4. The van der Waals surface area contributed by atoms with Crippen LogP contribution in [0.25, 0.3) is 0 Å². The number of hydrogen-bond donors (Lipinski definition) is 1. The number of ether oxygens (including phenoxy) is 1. The third-order valence-electron chi connectivity index (χ3n) is 1.94. The van der Waals surface area contributed by atoms with Gasteiger partial charge in [-0.15, -0.1) is 0 Å². The molecule has 0 aliphatic rings. The molecule has 1 aromatic rings. The van der Waals surface area contributed by atoms with Crippen LogP contribution in [0.2, 0.25) is 0 Å². The molecule has 0 aliphatic heterocycles. The number of aliphatic carboxylic acids is 1. The summed E-state index contributed by atoms with van der Waals surface area (Å²) in [6.45, 7) is 4.21. The molecule has 0 aliphatic carbocycles. The van der Waals surface area contributed by atoms with Crippen molar-refractivity contribution in [2.45, 2.75) is 26.2 Å². The number of carboxylic acids is 1. The molecule has 5 nitrogen and oxygen atoms in total. The van der Waals surface area contributed by atoms with E-state index in [1.165, 1.54) is 6.33 Å². The molecule has 0 saturated heterocycles. The molecular weight excluding hydrogens is 196 g/mol. The molecule has 1 heterocycles. The maximum absolute atomic E-state index is 10.5. The SMILES string of the molecule is CCOc1cc(C(C)CC(=O)O)ncn1. The average Bonchev–Trinajstić information content (AvgIpc) is 2.17. The summed E-state index contributed by atoms with van der Waals surface area (Å²) in [5.74, 6) is -0.483. The number of nitrogens with zero attached hydrogens (tertiary/aromatic N) is 2. The Labute approximate surface area is 88.1 Å². The Balaban J connectivity index is 2.75. The Hall–Kier alpha value is -1.65. The number of hydrogen-bond acceptors (Lipinski definition) is 4. The summed E-state index contributed by atoms with van der Waals surface area (Å²) in [5, 5.41) is 8.64. The van der Waals surface area contributed by atoms with Gasteiger partial charge in [0.25, 0.3) is 0 Å². The van der Waals surface area contributed by atoms with E-state index in [1.54, 1.807) is 6.07 Å². The third-order valence-corrected chi connectivity index (χ3v) is 1.94. The van der Waals surface area contributed by atoms with E-state index in [4.69, 9.17) is 9.84 Å². The van der Waals surface area contributed by atoms with Gasteiger partial charge in [-0.3, -0.25) is 4.79 Å². The van der Waals surface area contributed by atoms with Gasteiger partial charge in [0.1, 0.15) is 6.33 Å². The van der Waals surface area contributed by atoms with Gasteiger partial charge in [0.15, 0.2) is 0 Å². The largest absolute Gasteiger partial charge is 0.481 e. The molecule has 5 heteroatoms. The highest BCUT2D eigenvalue weighted by molar-refractivity contribution is 5.67. The van der Waals surface area contributed by atoms with Crippen LogP contribution in [0, 0.1) is 0 Å². The van der Waals surface area contributed by atoms with Crippen molar-refractivity contribution in [2.24, 2.45) is 0 Å². The first-order valence-corrected chi connectivity index (χ1v) is 4.80. The summed E-state index contributed by atoms with van der Waals surface area (Å²) in [5.41, 5.74) is 0.691. The number of aromatic nitrogens is 2. The quantitative estimate of drug-likeness (QED) is 0.796. The summed E-state index contributed by atoms with van der Waals surface area (Å²) in [6, 6.07) is 1.68. The topological polar surface area (TPSA) is 72.3 Å². The van der Waals surface area contributed by atoms with Gasteiger partial charge < -0.3 is 9.84 Å². The second-order valence-electron chi connectivity index (χ2n) is 3.21. The van der Waals surface area contributed by atoms with Crippen LogP contribution in [0.3, 0.4) is 0 Å². The molecule has 1 aromatic heterocycles. The molecule has 0 saturated carbocycles. The van der Waals surface area contributed by atoms with E-state index in [0.29, 0.717) is 18.2 Å². The molecular formula is C10H14N2O3. The van der Waals surface area contributed by atoms with Gasteiger partial charge in [-0.1, -0.05) is 6.92 Å². The number of carbonyl (C=O) groups is 1. The minimum absolute atomic E-state index is 0.0581. The van der Waals surface area contributed by atoms with Crippen LogP contribution in [-0.2, 0) is 4.79 Å². The molecule has 0 aromatic carbocycles. The van der Waals surface area contributed by atoms with Gasteiger partial charge in [0.05, 0.1) is 18.7 Å². The summed E-state index contributed by atoms with van der Waals surface area (Å²) < 4.78 is 5.20. The van der Waals surface area contributed by atoms with E-state index in [1.807, 2.05) is 13.8 Å². The van der Waals surface area contributed by atoms with Crippen LogP contribution < -0.4 is 4.74 Å². The molecule has 1 N–H and O–H groups in total. The van der Waals surface area contributed by atoms with E-state index >= 15 is 0 Å². The Morgan fingerprint density at radius 1 is 1.60 bits per heavy atom. The van der Waals surface area contributed by atoms with Gasteiger partial charge in [0.2, 0.25) is 5.88 Å². The molecule has 0 amide bonds. The van der Waals surface area contributed by atoms with Crippen LogP contribution in [0.15, 0.2) is 12.4 Å². The van der Waals surface area contributed by atoms with Gasteiger partial charge in [-0.2, -0.15) is 0 Å². The Bertz CT molecular complexity index is 341. The fraction of sp³-hybridized carbons (Fsp3) is 0.500. The van der Waals surface area contributed by atoms with Crippen LogP contribution in [-0.4, -0.2) is 27.7 Å². The van der Waals surface area contributed by atoms with E-state index < -0.39 is 5.97 Å². The normalized spacial score (nSPS) is 12.1. The number of rotatable bonds is 5. The van der Waals surface area contributed by atoms with Crippen molar-refractivity contribution in [3.05, 3.63) is 18.1 Å². The molecule has 0 radical (unpaired) electrons. The van der Waals surface area contributed by atoms with Gasteiger partial charge in [-0.25, -0.2) is 9.97 Å². The zero-order chi connectivity index (χ0) is 11.3. The number of carboxylic acid groups (broad SMARTS) is 1. The van der Waals surface area contributed by atoms with E-state index in [2.05, 4.69) is 9.97 Å². The predicted octanol–water partition coefficient (Wildman–Crippen LogP) is 1.45. The summed E-state index contributed by atoms with van der Waals surface area (Å²) >= 11 is 0. The van der Waals surface area contributed by atoms with Crippen molar-refractivity contribution >= 4 is 5.97 Å². The monoisotopic (exact) mass is 210 g/mol. The lowest BCUT2D eigenvalue weighted by molar-refractivity contribution is -0.137. The molecule has 0 spiro atoms. The zero-order valence-electron chi connectivity index (χ0n) is 8.80. The van der Waals surface area contributed by atoms with Gasteiger partial charge in [-0.05, 0) is 6.92 Å². The average molecular weight is 210 g/mol. The van der Waals surface area contributed by atoms with E-state index in [0.717, 1.165) is 0 Å². The maximum atomic E-state index is 10.5. The van der Waals surface area contributed by atoms with Crippen LogP contribution >= 0.6 is 0 Å². The van der Waals surface area contributed by atoms with E-state index in [-0.39, 0.29) is 12.3 Å². The third kappa shape index (κ3) is 3.53. The van der Waals surface area contributed by atoms with Crippen molar-refractivity contribution in [3.8, 4) is 5.88 Å². The fourth-order valence-electron chi connectivity index (χ4n) is 1.22. The lowest BCUT2D eigenvalue weighted by atomic mass is 10.0. The Morgan fingerprint density at radius 3 is 2.93 bits per heavy atom. The van der Waals surface area contributed by atoms with Crippen LogP contribution in [0.5, 0.6) is 5.88 Å². The fourth-order valence-corrected chi connectivity index (χ4v) is 1.22. The Morgan fingerprint density at radius 2 is 2.33 bits per heavy atom. The molecule has 82 valence electrons. The van der Waals surface area contributed by atoms with Crippen LogP contribution in [0.1, 0.15) is 31.9 Å². The molecule has 0 bridgehead atoms. The second kappa shape index (κ2) is 5.29. The van der Waals surface area contributed by atoms with Gasteiger partial charge in [0, 0.05) is 12.0 Å².